The van der Waals surface area contributed by atoms with Crippen molar-refractivity contribution in [2.24, 2.45) is 7.05 Å². The maximum absolute atomic E-state index is 10.0. The summed E-state index contributed by atoms with van der Waals surface area (Å²) >= 11 is 5.78. The molecule has 0 aromatic carbocycles. The summed E-state index contributed by atoms with van der Waals surface area (Å²) in [6.45, 7) is 0. The van der Waals surface area contributed by atoms with Crippen LogP contribution in [0.4, 0.5) is 0 Å². The van der Waals surface area contributed by atoms with Crippen LogP contribution in [0.2, 0.25) is 5.15 Å². The number of aryl methyl sites for hydroxylation is 2. The maximum atomic E-state index is 10.0. The molecule has 0 aliphatic heterocycles. The van der Waals surface area contributed by atoms with Crippen molar-refractivity contribution in [3.8, 4) is 0 Å². The molecule has 0 fully saturated rings. The Labute approximate surface area is 105 Å². The minimum Gasteiger partial charge on any atom is -0.388 e. The minimum absolute atomic E-state index is 0.401. The van der Waals surface area contributed by atoms with Crippen molar-refractivity contribution >= 4 is 11.6 Å². The fourth-order valence-corrected chi connectivity index (χ4v) is 1.88. The van der Waals surface area contributed by atoms with Gasteiger partial charge in [-0.15, -0.1) is 0 Å². The Morgan fingerprint density at radius 1 is 1.41 bits per heavy atom. The molecule has 1 N–H and O–H groups in total. The number of aromatic nitrogens is 3. The summed E-state index contributed by atoms with van der Waals surface area (Å²) in [6, 6.07) is 3.46. The van der Waals surface area contributed by atoms with E-state index in [0.717, 1.165) is 17.8 Å². The highest BCUT2D eigenvalue weighted by Gasteiger charge is 2.10. The Balaban J connectivity index is 1.98. The molecule has 0 spiro atoms. The van der Waals surface area contributed by atoms with Crippen LogP contribution in [0.3, 0.4) is 0 Å². The molecule has 2 aromatic rings. The fourth-order valence-electron chi connectivity index (χ4n) is 1.69. The fraction of sp³-hybridized carbons (Fsp3) is 0.333. The summed E-state index contributed by atoms with van der Waals surface area (Å²) in [5.74, 6) is 0.962. The van der Waals surface area contributed by atoms with Crippen LogP contribution >= 0.6 is 11.6 Å². The Bertz CT molecular complexity index is 498. The molecule has 0 aliphatic rings. The quantitative estimate of drug-likeness (QED) is 0.847. The van der Waals surface area contributed by atoms with E-state index in [4.69, 9.17) is 11.6 Å². The number of hydrogen-bond donors (Lipinski definition) is 1. The van der Waals surface area contributed by atoms with Gasteiger partial charge >= 0.3 is 0 Å². The molecular formula is C12H14ClN3O. The monoisotopic (exact) mass is 251 g/mol. The van der Waals surface area contributed by atoms with E-state index in [1.54, 1.807) is 24.5 Å². The van der Waals surface area contributed by atoms with Gasteiger partial charge in [0.25, 0.3) is 0 Å². The second-order valence-electron chi connectivity index (χ2n) is 3.92. The van der Waals surface area contributed by atoms with Gasteiger partial charge in [0, 0.05) is 32.1 Å². The van der Waals surface area contributed by atoms with Gasteiger partial charge in [0.1, 0.15) is 11.0 Å². The second-order valence-corrected chi connectivity index (χ2v) is 4.31. The van der Waals surface area contributed by atoms with Crippen LogP contribution < -0.4 is 0 Å². The first kappa shape index (κ1) is 12.1. The summed E-state index contributed by atoms with van der Waals surface area (Å²) in [5.41, 5.74) is 0.791. The molecule has 2 heterocycles. The van der Waals surface area contributed by atoms with Gasteiger partial charge in [-0.2, -0.15) is 0 Å². The Hall–Kier alpha value is -1.39. The molecule has 90 valence electrons. The summed E-state index contributed by atoms with van der Waals surface area (Å²) < 4.78 is 1.95. The van der Waals surface area contributed by atoms with E-state index >= 15 is 0 Å². The van der Waals surface area contributed by atoms with Crippen LogP contribution in [0.25, 0.3) is 0 Å². The van der Waals surface area contributed by atoms with E-state index in [0.29, 0.717) is 11.6 Å². The van der Waals surface area contributed by atoms with E-state index < -0.39 is 6.10 Å². The number of hydrogen-bond acceptors (Lipinski definition) is 3. The molecule has 2 aromatic heterocycles. The van der Waals surface area contributed by atoms with Gasteiger partial charge in [-0.1, -0.05) is 11.6 Å². The van der Waals surface area contributed by atoms with E-state index in [1.165, 1.54) is 0 Å². The lowest BCUT2D eigenvalue weighted by molar-refractivity contribution is 0.166. The second kappa shape index (κ2) is 5.29. The third-order valence-electron chi connectivity index (χ3n) is 2.70. The van der Waals surface area contributed by atoms with E-state index in [-0.39, 0.29) is 0 Å². The molecule has 0 bridgehead atoms. The Kier molecular flexibility index (Phi) is 3.76. The predicted octanol–water partition coefficient (Wildman–Crippen LogP) is 2.13. The minimum atomic E-state index is -0.535. The van der Waals surface area contributed by atoms with Crippen molar-refractivity contribution in [1.29, 1.82) is 0 Å². The molecule has 2 rings (SSSR count). The topological polar surface area (TPSA) is 50.9 Å². The van der Waals surface area contributed by atoms with Crippen LogP contribution in [0, 0.1) is 0 Å². The van der Waals surface area contributed by atoms with Crippen LogP contribution in [0.15, 0.2) is 30.7 Å². The molecule has 0 amide bonds. The number of halogens is 1. The first-order chi connectivity index (χ1) is 8.16. The van der Waals surface area contributed by atoms with Crippen molar-refractivity contribution in [1.82, 2.24) is 14.5 Å². The Morgan fingerprint density at radius 2 is 2.24 bits per heavy atom. The molecule has 1 atom stereocenters. The van der Waals surface area contributed by atoms with E-state index in [9.17, 15) is 5.11 Å². The first-order valence-corrected chi connectivity index (χ1v) is 5.80. The summed E-state index contributed by atoms with van der Waals surface area (Å²) in [4.78, 5) is 8.10. The van der Waals surface area contributed by atoms with Crippen molar-refractivity contribution in [3.05, 3.63) is 47.3 Å². The molecule has 0 radical (unpaired) electrons. The first-order valence-electron chi connectivity index (χ1n) is 5.42. The SMILES string of the molecule is Cn1ccnc1CCC(O)c1ccnc(Cl)c1. The van der Waals surface area contributed by atoms with Crippen molar-refractivity contribution in [2.45, 2.75) is 18.9 Å². The predicted molar refractivity (Wildman–Crippen MR) is 65.7 cm³/mol. The molecule has 5 heteroatoms. The standard InChI is InChI=1S/C12H14ClN3O/c1-16-7-6-15-12(16)3-2-10(17)9-4-5-14-11(13)8-9/h4-8,10,17H,2-3H2,1H3. The summed E-state index contributed by atoms with van der Waals surface area (Å²) in [7, 11) is 1.94. The highest BCUT2D eigenvalue weighted by atomic mass is 35.5. The van der Waals surface area contributed by atoms with Crippen LogP contribution in [0.1, 0.15) is 23.9 Å². The van der Waals surface area contributed by atoms with E-state index in [1.807, 2.05) is 17.8 Å². The molecule has 4 nitrogen and oxygen atoms in total. The Morgan fingerprint density at radius 3 is 2.88 bits per heavy atom. The zero-order chi connectivity index (χ0) is 12.3. The van der Waals surface area contributed by atoms with Crippen molar-refractivity contribution in [3.63, 3.8) is 0 Å². The lowest BCUT2D eigenvalue weighted by atomic mass is 10.1. The summed E-state index contributed by atoms with van der Waals surface area (Å²) in [6.07, 6.45) is 6.06. The third kappa shape index (κ3) is 3.05. The zero-order valence-electron chi connectivity index (χ0n) is 9.55. The van der Waals surface area contributed by atoms with Crippen molar-refractivity contribution < 1.29 is 5.11 Å². The van der Waals surface area contributed by atoms with Crippen molar-refractivity contribution in [2.75, 3.05) is 0 Å². The number of nitrogens with zero attached hydrogens (tertiary/aromatic N) is 3. The van der Waals surface area contributed by atoms with Gasteiger partial charge in [-0.25, -0.2) is 9.97 Å². The highest BCUT2D eigenvalue weighted by molar-refractivity contribution is 6.29. The molecule has 17 heavy (non-hydrogen) atoms. The number of imidazole rings is 1. The van der Waals surface area contributed by atoms with E-state index in [2.05, 4.69) is 9.97 Å². The normalized spacial score (nSPS) is 12.6. The highest BCUT2D eigenvalue weighted by Crippen LogP contribution is 2.20. The van der Waals surface area contributed by atoms with Gasteiger partial charge in [0.05, 0.1) is 6.10 Å². The van der Waals surface area contributed by atoms with Gasteiger partial charge in [-0.3, -0.25) is 0 Å². The molecule has 1 unspecified atom stereocenters. The lowest BCUT2D eigenvalue weighted by Gasteiger charge is -2.10. The maximum Gasteiger partial charge on any atom is 0.129 e. The van der Waals surface area contributed by atoms with Gasteiger partial charge < -0.3 is 9.67 Å². The summed E-state index contributed by atoms with van der Waals surface area (Å²) in [5, 5.41) is 10.4. The van der Waals surface area contributed by atoms with Gasteiger partial charge in [0.2, 0.25) is 0 Å². The molecular weight excluding hydrogens is 238 g/mol. The van der Waals surface area contributed by atoms with Gasteiger partial charge in [0.15, 0.2) is 0 Å². The zero-order valence-corrected chi connectivity index (χ0v) is 10.3. The molecule has 0 aliphatic carbocycles. The average Bonchev–Trinajstić information content (AvgIpc) is 2.72. The number of pyridine rings is 1. The molecule has 0 saturated carbocycles. The largest absolute Gasteiger partial charge is 0.388 e. The van der Waals surface area contributed by atoms with Crippen LogP contribution in [-0.2, 0) is 13.5 Å². The van der Waals surface area contributed by atoms with Crippen LogP contribution in [-0.4, -0.2) is 19.6 Å². The number of aliphatic hydroxyl groups is 1. The number of rotatable bonds is 4. The van der Waals surface area contributed by atoms with Gasteiger partial charge in [-0.05, 0) is 24.1 Å². The van der Waals surface area contributed by atoms with Crippen LogP contribution in [0.5, 0.6) is 0 Å². The third-order valence-corrected chi connectivity index (χ3v) is 2.90. The molecule has 0 saturated heterocycles. The average molecular weight is 252 g/mol. The lowest BCUT2D eigenvalue weighted by Crippen LogP contribution is -2.03. The number of aliphatic hydroxyl groups excluding tert-OH is 1. The smallest absolute Gasteiger partial charge is 0.129 e.